The lowest BCUT2D eigenvalue weighted by Crippen LogP contribution is -2.07. The first-order chi connectivity index (χ1) is 9.54. The minimum Gasteiger partial charge on any atom is -0.249 e. The van der Waals surface area contributed by atoms with Crippen molar-refractivity contribution in [2.75, 3.05) is 0 Å². The van der Waals surface area contributed by atoms with Gasteiger partial charge in [-0.2, -0.15) is 10.1 Å². The number of aromatic amines is 1. The van der Waals surface area contributed by atoms with Crippen molar-refractivity contribution in [3.8, 4) is 10.7 Å². The van der Waals surface area contributed by atoms with Crippen LogP contribution < -0.4 is 0 Å². The van der Waals surface area contributed by atoms with Crippen molar-refractivity contribution in [1.82, 2.24) is 20.2 Å². The van der Waals surface area contributed by atoms with Gasteiger partial charge in [-0.15, -0.1) is 22.7 Å². The highest BCUT2D eigenvalue weighted by Gasteiger charge is 2.22. The van der Waals surface area contributed by atoms with Crippen molar-refractivity contribution in [3.05, 3.63) is 33.6 Å². The van der Waals surface area contributed by atoms with Crippen molar-refractivity contribution in [2.24, 2.45) is 0 Å². The first-order valence-electron chi connectivity index (χ1n) is 5.64. The number of rotatable bonds is 4. The monoisotopic (exact) mass is 326 g/mol. The van der Waals surface area contributed by atoms with Crippen molar-refractivity contribution < 1.29 is 8.42 Å². The third-order valence-corrected chi connectivity index (χ3v) is 5.64. The van der Waals surface area contributed by atoms with Crippen LogP contribution in [-0.2, 0) is 15.6 Å². The molecule has 9 heteroatoms. The summed E-state index contributed by atoms with van der Waals surface area (Å²) in [6.45, 7) is 1.84. The number of thiazole rings is 1. The topological polar surface area (TPSA) is 88.6 Å². The third-order valence-electron chi connectivity index (χ3n) is 2.51. The molecule has 0 unspecified atom stereocenters. The molecule has 3 rings (SSSR count). The first kappa shape index (κ1) is 13.4. The van der Waals surface area contributed by atoms with E-state index in [2.05, 4.69) is 20.2 Å². The molecule has 6 nitrogen and oxygen atoms in total. The van der Waals surface area contributed by atoms with Crippen LogP contribution >= 0.6 is 22.7 Å². The fraction of sp³-hybridized carbons (Fsp3) is 0.182. The van der Waals surface area contributed by atoms with Crippen LogP contribution in [0.2, 0.25) is 0 Å². The summed E-state index contributed by atoms with van der Waals surface area (Å²) in [6, 6.07) is 3.70. The molecular weight excluding hydrogens is 316 g/mol. The van der Waals surface area contributed by atoms with E-state index >= 15 is 0 Å². The van der Waals surface area contributed by atoms with Crippen LogP contribution in [0.4, 0.5) is 0 Å². The summed E-state index contributed by atoms with van der Waals surface area (Å²) in [5, 5.41) is 10.8. The fourth-order valence-electron chi connectivity index (χ4n) is 1.64. The number of nitrogens with one attached hydrogen (secondary N) is 1. The van der Waals surface area contributed by atoms with E-state index in [-0.39, 0.29) is 10.9 Å². The largest absolute Gasteiger partial charge is 0.249 e. The third kappa shape index (κ3) is 2.65. The lowest BCUT2D eigenvalue weighted by atomic mass is 10.4. The van der Waals surface area contributed by atoms with Crippen LogP contribution in [0.25, 0.3) is 10.7 Å². The van der Waals surface area contributed by atoms with Gasteiger partial charge in [0.05, 0.1) is 15.6 Å². The molecule has 0 fully saturated rings. The predicted octanol–water partition coefficient (Wildman–Crippen LogP) is 2.27. The zero-order valence-corrected chi connectivity index (χ0v) is 12.8. The van der Waals surface area contributed by atoms with Gasteiger partial charge in [0.1, 0.15) is 5.75 Å². The van der Waals surface area contributed by atoms with Gasteiger partial charge in [-0.05, 0) is 18.4 Å². The molecule has 0 aliphatic heterocycles. The second-order valence-corrected chi connectivity index (χ2v) is 7.97. The van der Waals surface area contributed by atoms with Crippen LogP contribution in [0.3, 0.4) is 0 Å². The highest BCUT2D eigenvalue weighted by atomic mass is 32.2. The Morgan fingerprint density at radius 2 is 2.15 bits per heavy atom. The summed E-state index contributed by atoms with van der Waals surface area (Å²) < 4.78 is 24.5. The second-order valence-electron chi connectivity index (χ2n) is 4.06. The van der Waals surface area contributed by atoms with Gasteiger partial charge in [0.15, 0.2) is 5.82 Å². The van der Waals surface area contributed by atoms with E-state index in [0.29, 0.717) is 11.5 Å². The average Bonchev–Trinajstić information content (AvgIpc) is 3.06. The van der Waals surface area contributed by atoms with E-state index in [4.69, 9.17) is 0 Å². The number of aryl methyl sites for hydroxylation is 1. The zero-order chi connectivity index (χ0) is 14.2. The number of aromatic nitrogens is 4. The Kier molecular flexibility index (Phi) is 3.40. The molecule has 0 bridgehead atoms. The smallest absolute Gasteiger partial charge is 0.243 e. The van der Waals surface area contributed by atoms with Gasteiger partial charge in [-0.25, -0.2) is 18.5 Å². The van der Waals surface area contributed by atoms with Gasteiger partial charge in [-0.3, -0.25) is 0 Å². The lowest BCUT2D eigenvalue weighted by Gasteiger charge is -1.96. The standard InChI is InChI=1S/C11H10N4O2S3/c1-7-12-8(5-19-7)6-20(16,17)11-13-10(14-15-11)9-3-2-4-18-9/h2-5H,6H2,1H3,(H,13,14,15). The quantitative estimate of drug-likeness (QED) is 0.794. The molecule has 0 aliphatic carbocycles. The van der Waals surface area contributed by atoms with Crippen molar-refractivity contribution in [3.63, 3.8) is 0 Å². The van der Waals surface area contributed by atoms with E-state index in [1.807, 2.05) is 24.4 Å². The van der Waals surface area contributed by atoms with E-state index < -0.39 is 9.84 Å². The highest BCUT2D eigenvalue weighted by molar-refractivity contribution is 7.90. The maximum absolute atomic E-state index is 12.2. The molecule has 3 heterocycles. The molecule has 104 valence electrons. The molecule has 0 spiro atoms. The molecule has 0 saturated carbocycles. The summed E-state index contributed by atoms with van der Waals surface area (Å²) >= 11 is 2.88. The number of H-pyrrole nitrogens is 1. The van der Waals surface area contributed by atoms with Crippen LogP contribution in [0, 0.1) is 6.92 Å². The van der Waals surface area contributed by atoms with Crippen LogP contribution in [0.5, 0.6) is 0 Å². The van der Waals surface area contributed by atoms with E-state index in [0.717, 1.165) is 9.88 Å². The second kappa shape index (κ2) is 5.08. The predicted molar refractivity (Wildman–Crippen MR) is 77.4 cm³/mol. The van der Waals surface area contributed by atoms with Crippen molar-refractivity contribution in [1.29, 1.82) is 0 Å². The maximum atomic E-state index is 12.2. The fourth-order valence-corrected chi connectivity index (χ4v) is 4.10. The zero-order valence-electron chi connectivity index (χ0n) is 10.4. The van der Waals surface area contributed by atoms with E-state index in [1.54, 1.807) is 5.38 Å². The molecule has 0 radical (unpaired) electrons. The van der Waals surface area contributed by atoms with Gasteiger partial charge < -0.3 is 0 Å². The molecule has 0 amide bonds. The Labute approximate surface area is 123 Å². The Bertz CT molecular complexity index is 818. The van der Waals surface area contributed by atoms with Crippen molar-refractivity contribution >= 4 is 32.5 Å². The molecule has 20 heavy (non-hydrogen) atoms. The van der Waals surface area contributed by atoms with Gasteiger partial charge in [0.2, 0.25) is 15.0 Å². The summed E-state index contributed by atoms with van der Waals surface area (Å²) in [7, 11) is -3.55. The molecule has 0 aromatic carbocycles. The molecule has 0 atom stereocenters. The molecule has 1 N–H and O–H groups in total. The van der Waals surface area contributed by atoms with Crippen LogP contribution in [0.1, 0.15) is 10.7 Å². The molecule has 0 saturated heterocycles. The Balaban J connectivity index is 1.88. The first-order valence-corrected chi connectivity index (χ1v) is 9.06. The minimum atomic E-state index is -3.55. The van der Waals surface area contributed by atoms with Crippen molar-refractivity contribution in [2.45, 2.75) is 17.8 Å². The Morgan fingerprint density at radius 3 is 2.80 bits per heavy atom. The SMILES string of the molecule is Cc1nc(CS(=O)(=O)c2nc(-c3cccs3)n[nH]2)cs1. The molecule has 3 aromatic rings. The lowest BCUT2D eigenvalue weighted by molar-refractivity contribution is 0.586. The van der Waals surface area contributed by atoms with Crippen LogP contribution in [0.15, 0.2) is 28.0 Å². The Morgan fingerprint density at radius 1 is 1.30 bits per heavy atom. The molecule has 3 aromatic heterocycles. The average molecular weight is 326 g/mol. The molecular formula is C11H10N4O2S3. The van der Waals surface area contributed by atoms with Gasteiger partial charge in [0, 0.05) is 5.38 Å². The summed E-state index contributed by atoms with van der Waals surface area (Å²) in [5.74, 6) is 0.226. The van der Waals surface area contributed by atoms with Gasteiger partial charge >= 0.3 is 0 Å². The number of thiophene rings is 1. The molecule has 0 aliphatic rings. The van der Waals surface area contributed by atoms with Gasteiger partial charge in [0.25, 0.3) is 0 Å². The van der Waals surface area contributed by atoms with Gasteiger partial charge in [-0.1, -0.05) is 6.07 Å². The number of sulfone groups is 1. The summed E-state index contributed by atoms with van der Waals surface area (Å²) in [4.78, 5) is 9.04. The Hall–Kier alpha value is -1.58. The number of hydrogen-bond donors (Lipinski definition) is 1. The maximum Gasteiger partial charge on any atom is 0.243 e. The minimum absolute atomic E-state index is 0.119. The van der Waals surface area contributed by atoms with Crippen LogP contribution in [-0.4, -0.2) is 28.6 Å². The summed E-state index contributed by atoms with van der Waals surface area (Å²) in [5.41, 5.74) is 0.529. The number of hydrogen-bond acceptors (Lipinski definition) is 7. The highest BCUT2D eigenvalue weighted by Crippen LogP contribution is 2.22. The number of nitrogens with zero attached hydrogens (tertiary/aromatic N) is 3. The normalized spacial score (nSPS) is 11.8. The summed E-state index contributed by atoms with van der Waals surface area (Å²) in [6.07, 6.45) is 0. The van der Waals surface area contributed by atoms with E-state index in [1.165, 1.54) is 22.7 Å². The van der Waals surface area contributed by atoms with E-state index in [9.17, 15) is 8.42 Å².